The van der Waals surface area contributed by atoms with Gasteiger partial charge in [0.1, 0.15) is 0 Å². The molecule has 1 fully saturated rings. The van der Waals surface area contributed by atoms with Crippen molar-refractivity contribution in [2.45, 2.75) is 31.8 Å². The van der Waals surface area contributed by atoms with Crippen LogP contribution in [0.5, 0.6) is 0 Å². The summed E-state index contributed by atoms with van der Waals surface area (Å²) in [6.45, 7) is 2.89. The highest BCUT2D eigenvalue weighted by Crippen LogP contribution is 2.19. The van der Waals surface area contributed by atoms with Crippen molar-refractivity contribution in [2.24, 2.45) is 5.73 Å². The Labute approximate surface area is 121 Å². The zero-order valence-electron chi connectivity index (χ0n) is 12.2. The van der Waals surface area contributed by atoms with Crippen molar-refractivity contribution in [3.63, 3.8) is 0 Å². The Balaban J connectivity index is 1.84. The lowest BCUT2D eigenvalue weighted by atomic mass is 10.0. The molecule has 1 heterocycles. The van der Waals surface area contributed by atoms with Gasteiger partial charge in [0.15, 0.2) is 9.84 Å². The summed E-state index contributed by atoms with van der Waals surface area (Å²) in [6, 6.07) is 8.45. The molecule has 112 valence electrons. The fourth-order valence-electron chi connectivity index (χ4n) is 2.63. The zero-order valence-corrected chi connectivity index (χ0v) is 13.1. The van der Waals surface area contributed by atoms with Gasteiger partial charge in [-0.05, 0) is 38.9 Å². The van der Waals surface area contributed by atoms with E-state index in [-0.39, 0.29) is 12.1 Å². The Morgan fingerprint density at radius 1 is 1.35 bits per heavy atom. The van der Waals surface area contributed by atoms with Crippen LogP contribution in [0, 0.1) is 6.92 Å². The molecule has 0 spiro atoms. The van der Waals surface area contributed by atoms with Crippen LogP contribution in [0.3, 0.4) is 0 Å². The number of rotatable bonds is 5. The van der Waals surface area contributed by atoms with Gasteiger partial charge in [0.25, 0.3) is 0 Å². The van der Waals surface area contributed by atoms with Gasteiger partial charge in [-0.15, -0.1) is 0 Å². The number of hydrogen-bond acceptors (Lipinski definition) is 4. The van der Waals surface area contributed by atoms with E-state index in [2.05, 4.69) is 36.1 Å². The highest BCUT2D eigenvalue weighted by molar-refractivity contribution is 7.91. The van der Waals surface area contributed by atoms with Gasteiger partial charge in [-0.25, -0.2) is 8.42 Å². The Bertz CT molecular complexity index is 539. The second-order valence-corrected chi connectivity index (χ2v) is 8.07. The maximum absolute atomic E-state index is 11.5. The number of benzene rings is 1. The normalized spacial score (nSPS) is 23.1. The molecule has 4 nitrogen and oxygen atoms in total. The molecule has 1 aromatic rings. The van der Waals surface area contributed by atoms with Gasteiger partial charge in [-0.3, -0.25) is 0 Å². The van der Waals surface area contributed by atoms with Crippen LogP contribution in [-0.4, -0.2) is 44.5 Å². The standard InChI is InChI=1S/C15H24N2O2S/c1-12-3-5-13(6-4-12)15(16)7-9-17(2)14-8-10-20(18,19)11-14/h3-6,14-15H,7-11,16H2,1-2H3. The maximum atomic E-state index is 11.5. The third kappa shape index (κ3) is 4.04. The lowest BCUT2D eigenvalue weighted by Gasteiger charge is -2.24. The first-order valence-electron chi connectivity index (χ1n) is 7.10. The third-order valence-electron chi connectivity index (χ3n) is 4.13. The van der Waals surface area contributed by atoms with Crippen LogP contribution in [0.2, 0.25) is 0 Å². The van der Waals surface area contributed by atoms with Gasteiger partial charge in [-0.2, -0.15) is 0 Å². The van der Waals surface area contributed by atoms with Crippen LogP contribution in [0.15, 0.2) is 24.3 Å². The highest BCUT2D eigenvalue weighted by atomic mass is 32.2. The van der Waals surface area contributed by atoms with E-state index in [1.54, 1.807) is 0 Å². The molecule has 1 aromatic carbocycles. The number of nitrogens with zero attached hydrogens (tertiary/aromatic N) is 1. The predicted molar refractivity (Wildman–Crippen MR) is 82.4 cm³/mol. The van der Waals surface area contributed by atoms with E-state index in [0.717, 1.165) is 24.9 Å². The van der Waals surface area contributed by atoms with Gasteiger partial charge in [0.2, 0.25) is 0 Å². The van der Waals surface area contributed by atoms with E-state index in [0.29, 0.717) is 11.5 Å². The monoisotopic (exact) mass is 296 g/mol. The summed E-state index contributed by atoms with van der Waals surface area (Å²) in [5, 5.41) is 0. The molecule has 2 N–H and O–H groups in total. The lowest BCUT2D eigenvalue weighted by Crippen LogP contribution is -2.34. The summed E-state index contributed by atoms with van der Waals surface area (Å²) in [5.41, 5.74) is 8.57. The zero-order chi connectivity index (χ0) is 14.8. The minimum Gasteiger partial charge on any atom is -0.324 e. The number of aryl methyl sites for hydroxylation is 1. The van der Waals surface area contributed by atoms with Gasteiger partial charge in [-0.1, -0.05) is 29.8 Å². The molecule has 0 saturated carbocycles. The fourth-order valence-corrected chi connectivity index (χ4v) is 4.43. The molecule has 2 unspecified atom stereocenters. The number of hydrogen-bond donors (Lipinski definition) is 1. The van der Waals surface area contributed by atoms with Crippen molar-refractivity contribution in [3.8, 4) is 0 Å². The van der Waals surface area contributed by atoms with Crippen molar-refractivity contribution in [1.82, 2.24) is 4.90 Å². The first kappa shape index (κ1) is 15.5. The third-order valence-corrected chi connectivity index (χ3v) is 5.88. The minimum absolute atomic E-state index is 0.0102. The van der Waals surface area contributed by atoms with Crippen LogP contribution in [0.25, 0.3) is 0 Å². The Morgan fingerprint density at radius 3 is 2.55 bits per heavy atom. The maximum Gasteiger partial charge on any atom is 0.151 e. The largest absolute Gasteiger partial charge is 0.324 e. The molecule has 0 amide bonds. The second-order valence-electron chi connectivity index (χ2n) is 5.84. The van der Waals surface area contributed by atoms with Crippen LogP contribution in [0.1, 0.15) is 30.0 Å². The number of sulfone groups is 1. The second kappa shape index (κ2) is 6.24. The highest BCUT2D eigenvalue weighted by Gasteiger charge is 2.30. The smallest absolute Gasteiger partial charge is 0.151 e. The van der Waals surface area contributed by atoms with Crippen molar-refractivity contribution < 1.29 is 8.42 Å². The molecule has 2 atom stereocenters. The average molecular weight is 296 g/mol. The molecule has 0 aromatic heterocycles. The van der Waals surface area contributed by atoms with Crippen molar-refractivity contribution >= 4 is 9.84 Å². The molecule has 1 aliphatic heterocycles. The van der Waals surface area contributed by atoms with Crippen molar-refractivity contribution in [3.05, 3.63) is 35.4 Å². The van der Waals surface area contributed by atoms with E-state index in [1.807, 2.05) is 7.05 Å². The van der Waals surface area contributed by atoms with E-state index in [9.17, 15) is 8.42 Å². The Kier molecular flexibility index (Phi) is 4.83. The molecule has 5 heteroatoms. The first-order chi connectivity index (χ1) is 9.37. The topological polar surface area (TPSA) is 63.4 Å². The summed E-state index contributed by atoms with van der Waals surface area (Å²) in [4.78, 5) is 2.14. The lowest BCUT2D eigenvalue weighted by molar-refractivity contribution is 0.252. The van der Waals surface area contributed by atoms with E-state index in [4.69, 9.17) is 5.73 Å². The molecule has 1 saturated heterocycles. The quantitative estimate of drug-likeness (QED) is 0.894. The van der Waals surface area contributed by atoms with Crippen LogP contribution in [-0.2, 0) is 9.84 Å². The summed E-state index contributed by atoms with van der Waals surface area (Å²) in [5.74, 6) is 0.620. The van der Waals surface area contributed by atoms with E-state index in [1.165, 1.54) is 5.56 Å². The summed E-state index contributed by atoms with van der Waals surface area (Å²) in [6.07, 6.45) is 1.59. The molecule has 0 radical (unpaired) electrons. The van der Waals surface area contributed by atoms with Crippen molar-refractivity contribution in [2.75, 3.05) is 25.1 Å². The molecule has 20 heavy (non-hydrogen) atoms. The van der Waals surface area contributed by atoms with E-state index >= 15 is 0 Å². The Morgan fingerprint density at radius 2 is 2.00 bits per heavy atom. The van der Waals surface area contributed by atoms with E-state index < -0.39 is 9.84 Å². The first-order valence-corrected chi connectivity index (χ1v) is 8.92. The molecular formula is C15H24N2O2S. The molecule has 2 rings (SSSR count). The van der Waals surface area contributed by atoms with Crippen LogP contribution in [0.4, 0.5) is 0 Å². The van der Waals surface area contributed by atoms with Crippen LogP contribution < -0.4 is 5.73 Å². The average Bonchev–Trinajstić information content (AvgIpc) is 2.77. The molecular weight excluding hydrogens is 272 g/mol. The predicted octanol–water partition coefficient (Wildman–Crippen LogP) is 1.50. The van der Waals surface area contributed by atoms with Gasteiger partial charge >= 0.3 is 0 Å². The van der Waals surface area contributed by atoms with Crippen LogP contribution >= 0.6 is 0 Å². The molecule has 0 aliphatic carbocycles. The number of nitrogens with two attached hydrogens (primary N) is 1. The Hall–Kier alpha value is -0.910. The summed E-state index contributed by atoms with van der Waals surface area (Å²) in [7, 11) is -0.815. The fraction of sp³-hybridized carbons (Fsp3) is 0.600. The SMILES string of the molecule is Cc1ccc(C(N)CCN(C)C2CCS(=O)(=O)C2)cc1. The molecule has 0 bridgehead atoms. The summed E-state index contributed by atoms with van der Waals surface area (Å²) < 4.78 is 23.0. The van der Waals surface area contributed by atoms with Gasteiger partial charge in [0, 0.05) is 12.1 Å². The molecule has 1 aliphatic rings. The minimum atomic E-state index is -2.81. The van der Waals surface area contributed by atoms with Gasteiger partial charge < -0.3 is 10.6 Å². The van der Waals surface area contributed by atoms with Crippen molar-refractivity contribution in [1.29, 1.82) is 0 Å². The summed E-state index contributed by atoms with van der Waals surface area (Å²) >= 11 is 0. The van der Waals surface area contributed by atoms with Gasteiger partial charge in [0.05, 0.1) is 11.5 Å².